The van der Waals surface area contributed by atoms with Crippen molar-refractivity contribution < 1.29 is 18.0 Å². The van der Waals surface area contributed by atoms with Crippen LogP contribution in [0.3, 0.4) is 0 Å². The highest BCUT2D eigenvalue weighted by atomic mass is 32.2. The van der Waals surface area contributed by atoms with Gasteiger partial charge < -0.3 is 5.32 Å². The van der Waals surface area contributed by atoms with Gasteiger partial charge in [-0.3, -0.25) is 14.5 Å². The van der Waals surface area contributed by atoms with Crippen LogP contribution in [0.5, 0.6) is 0 Å². The minimum absolute atomic E-state index is 0.0273. The summed E-state index contributed by atoms with van der Waals surface area (Å²) >= 11 is 8.09. The lowest BCUT2D eigenvalue weighted by molar-refractivity contribution is -0.122. The molecule has 3 N–H and O–H groups in total. The molecule has 2 amide bonds. The number of amides is 2. The molecule has 0 saturated carbocycles. The Bertz CT molecular complexity index is 1060. The molecular weight excluding hydrogens is 450 g/mol. The average molecular weight is 468 g/mol. The number of sulfonamides is 1. The van der Waals surface area contributed by atoms with E-state index >= 15 is 0 Å². The Labute approximate surface area is 182 Å². The van der Waals surface area contributed by atoms with Gasteiger partial charge in [-0.25, -0.2) is 13.6 Å². The number of benzene rings is 1. The molecular formula is C18H17N3O4S4. The molecule has 11 heteroatoms. The first-order valence-corrected chi connectivity index (χ1v) is 12.1. The lowest BCUT2D eigenvalue weighted by Gasteiger charge is -2.14. The zero-order chi connectivity index (χ0) is 21.0. The number of rotatable bonds is 7. The molecule has 0 spiro atoms. The van der Waals surface area contributed by atoms with Crippen molar-refractivity contribution in [3.8, 4) is 0 Å². The predicted octanol–water partition coefficient (Wildman–Crippen LogP) is 3.02. The predicted molar refractivity (Wildman–Crippen MR) is 120 cm³/mol. The molecule has 0 aliphatic carbocycles. The lowest BCUT2D eigenvalue weighted by Crippen LogP contribution is -2.29. The highest BCUT2D eigenvalue weighted by Gasteiger charge is 2.31. The van der Waals surface area contributed by atoms with Crippen LogP contribution in [-0.4, -0.2) is 36.0 Å². The fourth-order valence-electron chi connectivity index (χ4n) is 2.54. The van der Waals surface area contributed by atoms with Gasteiger partial charge >= 0.3 is 0 Å². The molecule has 2 heterocycles. The van der Waals surface area contributed by atoms with E-state index in [0.29, 0.717) is 27.9 Å². The Morgan fingerprint density at radius 3 is 2.59 bits per heavy atom. The number of hydrogen-bond acceptors (Lipinski definition) is 7. The van der Waals surface area contributed by atoms with E-state index in [0.717, 1.165) is 4.88 Å². The van der Waals surface area contributed by atoms with Gasteiger partial charge in [0.05, 0.1) is 9.80 Å². The summed E-state index contributed by atoms with van der Waals surface area (Å²) in [5.74, 6) is -0.389. The van der Waals surface area contributed by atoms with Gasteiger partial charge in [-0.1, -0.05) is 30.0 Å². The molecule has 1 aliphatic rings. The monoisotopic (exact) mass is 467 g/mol. The minimum atomic E-state index is -3.77. The summed E-state index contributed by atoms with van der Waals surface area (Å²) in [7, 11) is -3.77. The molecule has 2 aromatic rings. The van der Waals surface area contributed by atoms with Crippen molar-refractivity contribution in [2.45, 2.75) is 17.7 Å². The Kier molecular flexibility index (Phi) is 6.85. The Morgan fingerprint density at radius 2 is 1.97 bits per heavy atom. The standard InChI is InChI=1S/C18H17N3O4S4/c19-29(24,25)14-7-5-12(6-8-14)20-16(22)4-1-9-21-17(23)15(28-18(21)26)11-13-3-2-10-27-13/h2-3,5-8,10-11H,1,4,9H2,(H,20,22)(H2,19,24,25)/b15-11-. The summed E-state index contributed by atoms with van der Waals surface area (Å²) in [6.45, 7) is 0.351. The average Bonchev–Trinajstić information content (AvgIpc) is 3.25. The summed E-state index contributed by atoms with van der Waals surface area (Å²) in [6.07, 6.45) is 2.46. The Balaban J connectivity index is 1.50. The van der Waals surface area contributed by atoms with E-state index in [4.69, 9.17) is 17.4 Å². The quantitative estimate of drug-likeness (QED) is 0.479. The van der Waals surface area contributed by atoms with Crippen LogP contribution in [0.2, 0.25) is 0 Å². The molecule has 0 bridgehead atoms. The van der Waals surface area contributed by atoms with Gasteiger partial charge in [-0.15, -0.1) is 11.3 Å². The van der Waals surface area contributed by atoms with Crippen LogP contribution in [0.25, 0.3) is 6.08 Å². The van der Waals surface area contributed by atoms with Crippen LogP contribution < -0.4 is 10.5 Å². The maximum absolute atomic E-state index is 12.5. The number of hydrogen-bond donors (Lipinski definition) is 2. The van der Waals surface area contributed by atoms with Crippen LogP contribution in [-0.2, 0) is 19.6 Å². The van der Waals surface area contributed by atoms with E-state index in [-0.39, 0.29) is 23.1 Å². The third-order valence-electron chi connectivity index (χ3n) is 3.94. The molecule has 3 rings (SSSR count). The van der Waals surface area contributed by atoms with Gasteiger partial charge in [0, 0.05) is 23.5 Å². The first-order valence-electron chi connectivity index (χ1n) is 8.45. The second-order valence-electron chi connectivity index (χ2n) is 6.07. The van der Waals surface area contributed by atoms with Gasteiger partial charge in [0.2, 0.25) is 15.9 Å². The molecule has 1 aromatic heterocycles. The van der Waals surface area contributed by atoms with Gasteiger partial charge in [0.1, 0.15) is 4.32 Å². The maximum Gasteiger partial charge on any atom is 0.266 e. The van der Waals surface area contributed by atoms with Crippen molar-refractivity contribution in [3.05, 3.63) is 51.6 Å². The summed E-state index contributed by atoms with van der Waals surface area (Å²) in [4.78, 5) is 27.7. The van der Waals surface area contributed by atoms with E-state index in [9.17, 15) is 18.0 Å². The number of nitrogens with one attached hydrogen (secondary N) is 1. The van der Waals surface area contributed by atoms with Crippen molar-refractivity contribution in [1.82, 2.24) is 4.90 Å². The van der Waals surface area contributed by atoms with E-state index in [1.54, 1.807) is 11.3 Å². The second kappa shape index (κ2) is 9.18. The van der Waals surface area contributed by atoms with E-state index in [2.05, 4.69) is 5.32 Å². The van der Waals surface area contributed by atoms with Gasteiger partial charge in [-0.2, -0.15) is 0 Å². The van der Waals surface area contributed by atoms with E-state index in [1.807, 2.05) is 23.6 Å². The molecule has 1 aromatic carbocycles. The van der Waals surface area contributed by atoms with Crippen molar-refractivity contribution in [1.29, 1.82) is 0 Å². The molecule has 7 nitrogen and oxygen atoms in total. The zero-order valence-electron chi connectivity index (χ0n) is 15.0. The summed E-state index contributed by atoms with van der Waals surface area (Å²) in [5, 5.41) is 9.66. The normalized spacial score (nSPS) is 15.9. The van der Waals surface area contributed by atoms with Crippen molar-refractivity contribution >= 4 is 73.2 Å². The highest BCUT2D eigenvalue weighted by molar-refractivity contribution is 8.26. The number of thiocarbonyl (C=S) groups is 1. The molecule has 0 unspecified atom stereocenters. The van der Waals surface area contributed by atoms with Gasteiger partial charge in [-0.05, 0) is 48.2 Å². The van der Waals surface area contributed by atoms with Crippen LogP contribution >= 0.6 is 35.3 Å². The number of thiophene rings is 1. The topological polar surface area (TPSA) is 110 Å². The van der Waals surface area contributed by atoms with Gasteiger partial charge in [0.15, 0.2) is 0 Å². The first kappa shape index (κ1) is 21.7. The number of carbonyl (C=O) groups is 2. The number of thioether (sulfide) groups is 1. The fourth-order valence-corrected chi connectivity index (χ4v) is 5.09. The number of nitrogens with zero attached hydrogens (tertiary/aromatic N) is 1. The van der Waals surface area contributed by atoms with Crippen molar-refractivity contribution in [3.63, 3.8) is 0 Å². The van der Waals surface area contributed by atoms with Crippen molar-refractivity contribution in [2.24, 2.45) is 5.14 Å². The fraction of sp³-hybridized carbons (Fsp3) is 0.167. The second-order valence-corrected chi connectivity index (χ2v) is 10.3. The van der Waals surface area contributed by atoms with Gasteiger partial charge in [0.25, 0.3) is 5.91 Å². The number of nitrogens with two attached hydrogens (primary N) is 1. The third-order valence-corrected chi connectivity index (χ3v) is 7.07. The minimum Gasteiger partial charge on any atom is -0.326 e. The maximum atomic E-state index is 12.5. The summed E-state index contributed by atoms with van der Waals surface area (Å²) in [5.41, 5.74) is 0.465. The van der Waals surface area contributed by atoms with Crippen LogP contribution in [0.4, 0.5) is 5.69 Å². The number of carbonyl (C=O) groups excluding carboxylic acids is 2. The SMILES string of the molecule is NS(=O)(=O)c1ccc(NC(=O)CCCN2C(=O)/C(=C/c3cccs3)SC2=S)cc1. The number of anilines is 1. The largest absolute Gasteiger partial charge is 0.326 e. The molecule has 152 valence electrons. The number of primary sulfonamides is 1. The summed E-state index contributed by atoms with van der Waals surface area (Å²) < 4.78 is 23.0. The van der Waals surface area contributed by atoms with Crippen LogP contribution in [0.1, 0.15) is 17.7 Å². The van der Waals surface area contributed by atoms with E-state index < -0.39 is 10.0 Å². The molecule has 0 radical (unpaired) electrons. The highest BCUT2D eigenvalue weighted by Crippen LogP contribution is 2.33. The van der Waals surface area contributed by atoms with Crippen LogP contribution in [0.15, 0.2) is 51.6 Å². The zero-order valence-corrected chi connectivity index (χ0v) is 18.3. The summed E-state index contributed by atoms with van der Waals surface area (Å²) in [6, 6.07) is 9.43. The Hall–Kier alpha value is -2.05. The molecule has 29 heavy (non-hydrogen) atoms. The molecule has 0 atom stereocenters. The molecule has 1 aliphatic heterocycles. The first-order chi connectivity index (χ1) is 13.7. The van der Waals surface area contributed by atoms with E-state index in [1.165, 1.54) is 40.9 Å². The molecule has 1 fully saturated rings. The Morgan fingerprint density at radius 1 is 1.24 bits per heavy atom. The third kappa shape index (κ3) is 5.73. The smallest absolute Gasteiger partial charge is 0.266 e. The van der Waals surface area contributed by atoms with Crippen LogP contribution in [0, 0.1) is 0 Å². The van der Waals surface area contributed by atoms with Crippen molar-refractivity contribution in [2.75, 3.05) is 11.9 Å². The lowest BCUT2D eigenvalue weighted by atomic mass is 10.2. The molecule has 1 saturated heterocycles.